The minimum absolute atomic E-state index is 0. The third kappa shape index (κ3) is 20.5. The van der Waals surface area contributed by atoms with Gasteiger partial charge in [0.15, 0.2) is 0 Å². The van der Waals surface area contributed by atoms with Crippen molar-refractivity contribution in [2.45, 2.75) is 96.8 Å². The summed E-state index contributed by atoms with van der Waals surface area (Å²) in [5.41, 5.74) is 0. The summed E-state index contributed by atoms with van der Waals surface area (Å²) < 4.78 is 0. The Morgan fingerprint density at radius 1 is 0.818 bits per heavy atom. The average Bonchev–Trinajstić information content (AvgIpc) is 2.50. The zero-order valence-corrected chi connectivity index (χ0v) is 17.5. The number of hydrogen-bond donors (Lipinski definition) is 1. The minimum Gasteiger partial charge on any atom is -0.301 e. The second-order valence-corrected chi connectivity index (χ2v) is 5.80. The summed E-state index contributed by atoms with van der Waals surface area (Å²) in [7, 11) is 0. The molecule has 0 bridgehead atoms. The van der Waals surface area contributed by atoms with Crippen LogP contribution in [-0.4, -0.2) is 11.2 Å². The van der Waals surface area contributed by atoms with Crippen LogP contribution in [-0.2, 0) is 9.68 Å². The third-order valence-electron chi connectivity index (χ3n) is 3.74. The maximum atomic E-state index is 10.7. The summed E-state index contributed by atoms with van der Waals surface area (Å²) in [6.45, 7) is 2.26. The molecule has 0 rings (SSSR count). The van der Waals surface area contributed by atoms with Crippen LogP contribution in [0.2, 0.25) is 0 Å². The van der Waals surface area contributed by atoms with Crippen molar-refractivity contribution in [3.05, 3.63) is 12.2 Å². The van der Waals surface area contributed by atoms with Gasteiger partial charge in [-0.25, -0.2) is 4.79 Å². The van der Waals surface area contributed by atoms with Crippen molar-refractivity contribution in [3.8, 4) is 0 Å². The third-order valence-corrected chi connectivity index (χ3v) is 3.74. The molecule has 0 unspecified atom stereocenters. The predicted molar refractivity (Wildman–Crippen MR) is 88.2 cm³/mol. The Morgan fingerprint density at radius 2 is 1.27 bits per heavy atom. The van der Waals surface area contributed by atoms with Gasteiger partial charge in [0.1, 0.15) is 0 Å². The van der Waals surface area contributed by atoms with E-state index in [2.05, 4.69) is 24.0 Å². The molecule has 0 spiro atoms. The fourth-order valence-electron chi connectivity index (χ4n) is 2.39. The number of unbranched alkanes of at least 4 members (excludes halogenated alkanes) is 11. The smallest absolute Gasteiger partial charge is 0.301 e. The number of hydrogen-bond acceptors (Lipinski definition) is 3. The fraction of sp³-hybridized carbons (Fsp3) is 0.833. The van der Waals surface area contributed by atoms with Crippen LogP contribution in [0.25, 0.3) is 0 Å². The summed E-state index contributed by atoms with van der Waals surface area (Å²) >= 11 is 0. The molecular formula is C18H34CeO3. The predicted octanol–water partition coefficient (Wildman–Crippen LogP) is 6.04. The first-order valence-corrected chi connectivity index (χ1v) is 8.80. The Morgan fingerprint density at radius 3 is 1.77 bits per heavy atom. The molecule has 3 nitrogen and oxygen atoms in total. The van der Waals surface area contributed by atoms with Gasteiger partial charge in [-0.3, -0.25) is 0 Å². The molecule has 128 valence electrons. The quantitative estimate of drug-likeness (QED) is 0.147. The Balaban J connectivity index is 0. The summed E-state index contributed by atoms with van der Waals surface area (Å²) in [5.74, 6) is -0.521. The van der Waals surface area contributed by atoms with Gasteiger partial charge in [-0.2, -0.15) is 5.26 Å². The van der Waals surface area contributed by atoms with E-state index in [1.165, 1.54) is 64.2 Å². The van der Waals surface area contributed by atoms with Crippen LogP contribution in [0.1, 0.15) is 96.8 Å². The normalized spacial score (nSPS) is 10.6. The van der Waals surface area contributed by atoms with Gasteiger partial charge in [0.25, 0.3) is 0 Å². The van der Waals surface area contributed by atoms with Gasteiger partial charge in [0.05, 0.1) is 0 Å². The van der Waals surface area contributed by atoms with Crippen LogP contribution >= 0.6 is 0 Å². The first kappa shape index (κ1) is 24.8. The van der Waals surface area contributed by atoms with Crippen LogP contribution in [0.15, 0.2) is 12.2 Å². The maximum Gasteiger partial charge on any atom is 0.342 e. The molecule has 0 atom stereocenters. The first-order valence-electron chi connectivity index (χ1n) is 8.80. The molecule has 1 N–H and O–H groups in total. The van der Waals surface area contributed by atoms with E-state index in [4.69, 9.17) is 5.26 Å². The van der Waals surface area contributed by atoms with Gasteiger partial charge in [-0.15, -0.1) is 0 Å². The molecule has 0 aromatic heterocycles. The molecule has 22 heavy (non-hydrogen) atoms. The van der Waals surface area contributed by atoms with Crippen molar-refractivity contribution < 1.29 is 56.7 Å². The average molecular weight is 439 g/mol. The Bertz CT molecular complexity index is 255. The van der Waals surface area contributed by atoms with Crippen molar-refractivity contribution in [1.82, 2.24) is 0 Å². The van der Waals surface area contributed by atoms with Crippen LogP contribution in [0.3, 0.4) is 0 Å². The maximum absolute atomic E-state index is 10.7. The molecule has 0 heterocycles. The molecular weight excluding hydrogens is 404 g/mol. The van der Waals surface area contributed by atoms with E-state index < -0.39 is 5.97 Å². The summed E-state index contributed by atoms with van der Waals surface area (Å²) in [6, 6.07) is 0. The van der Waals surface area contributed by atoms with Crippen LogP contribution in [0.4, 0.5) is 0 Å². The topological polar surface area (TPSA) is 46.5 Å². The van der Waals surface area contributed by atoms with Gasteiger partial charge in [-0.1, -0.05) is 70.4 Å². The summed E-state index contributed by atoms with van der Waals surface area (Å²) in [4.78, 5) is 14.3. The van der Waals surface area contributed by atoms with Gasteiger partial charge < -0.3 is 4.89 Å². The Labute approximate surface area is 170 Å². The van der Waals surface area contributed by atoms with Gasteiger partial charge in [-0.05, 0) is 32.1 Å². The fourth-order valence-corrected chi connectivity index (χ4v) is 2.39. The molecule has 0 amide bonds. The molecule has 0 aromatic carbocycles. The van der Waals surface area contributed by atoms with E-state index in [0.29, 0.717) is 6.42 Å². The molecule has 0 aliphatic heterocycles. The number of allylic oxidation sites excluding steroid dienone is 2. The zero-order chi connectivity index (χ0) is 15.6. The number of carbonyl (C=O) groups is 1. The molecule has 4 heteroatoms. The van der Waals surface area contributed by atoms with E-state index in [0.717, 1.165) is 19.3 Å². The molecule has 0 saturated carbocycles. The SMILES string of the molecule is CCCCCCCCC=CCCCCCCCC(=O)OO.[Ce]. The van der Waals surface area contributed by atoms with Crippen molar-refractivity contribution in [3.63, 3.8) is 0 Å². The van der Waals surface area contributed by atoms with Crippen molar-refractivity contribution in [2.75, 3.05) is 0 Å². The second-order valence-electron chi connectivity index (χ2n) is 5.80. The van der Waals surface area contributed by atoms with Crippen LogP contribution in [0, 0.1) is 41.7 Å². The van der Waals surface area contributed by atoms with Crippen molar-refractivity contribution >= 4 is 5.97 Å². The van der Waals surface area contributed by atoms with E-state index in [9.17, 15) is 4.79 Å². The zero-order valence-electron chi connectivity index (χ0n) is 14.3. The summed E-state index contributed by atoms with van der Waals surface area (Å²) in [5, 5.41) is 8.09. The molecule has 0 aliphatic rings. The standard InChI is InChI=1S/C18H34O3.Ce/c1-2-3-4-5-6-7-8-9-10-11-12-13-14-15-16-17-18(19)21-20;/h9-10,20H,2-8,11-17H2,1H3;. The number of rotatable bonds is 15. The van der Waals surface area contributed by atoms with Crippen molar-refractivity contribution in [1.29, 1.82) is 0 Å². The monoisotopic (exact) mass is 438 g/mol. The van der Waals surface area contributed by atoms with Gasteiger partial charge >= 0.3 is 5.97 Å². The van der Waals surface area contributed by atoms with Crippen LogP contribution in [0.5, 0.6) is 0 Å². The Kier molecular flexibility index (Phi) is 24.3. The van der Waals surface area contributed by atoms with Gasteiger partial charge in [0, 0.05) is 48.2 Å². The number of carbonyl (C=O) groups excluding carboxylic acids is 1. The molecule has 0 fully saturated rings. The molecule has 0 aromatic rings. The summed E-state index contributed by atoms with van der Waals surface area (Å²) in [6.07, 6.45) is 21.1. The van der Waals surface area contributed by atoms with Gasteiger partial charge in [0.2, 0.25) is 0 Å². The van der Waals surface area contributed by atoms with Crippen molar-refractivity contribution in [2.24, 2.45) is 0 Å². The van der Waals surface area contributed by atoms with E-state index in [1.54, 1.807) is 0 Å². The molecule has 0 aliphatic carbocycles. The first-order chi connectivity index (χ1) is 10.3. The minimum atomic E-state index is -0.521. The largest absolute Gasteiger partial charge is 0.342 e. The second kappa shape index (κ2) is 21.5. The molecule has 0 radical (unpaired) electrons. The Hall–Kier alpha value is 0.547. The molecule has 0 saturated heterocycles. The van der Waals surface area contributed by atoms with E-state index in [1.807, 2.05) is 0 Å². The van der Waals surface area contributed by atoms with E-state index >= 15 is 0 Å². The van der Waals surface area contributed by atoms with E-state index in [-0.39, 0.29) is 41.7 Å². The van der Waals surface area contributed by atoms with Crippen LogP contribution < -0.4 is 0 Å².